The van der Waals surface area contributed by atoms with E-state index in [1.165, 1.54) is 12.4 Å². The van der Waals surface area contributed by atoms with Crippen molar-refractivity contribution in [2.45, 2.75) is 44.9 Å². The lowest BCUT2D eigenvalue weighted by Crippen LogP contribution is -2.34. The van der Waals surface area contributed by atoms with Gasteiger partial charge in [-0.15, -0.1) is 0 Å². The largest absolute Gasteiger partial charge is 0.297 e. The average Bonchev–Trinajstić information content (AvgIpc) is 2.27. The third-order valence-electron chi connectivity index (χ3n) is 2.23. The van der Waals surface area contributed by atoms with Crippen molar-refractivity contribution >= 4 is 11.0 Å². The van der Waals surface area contributed by atoms with E-state index in [1.54, 1.807) is 6.92 Å². The monoisotopic (exact) mass is 277 g/mol. The summed E-state index contributed by atoms with van der Waals surface area (Å²) in [6, 6.07) is -0.267. The van der Waals surface area contributed by atoms with E-state index in [2.05, 4.69) is 14.7 Å². The van der Waals surface area contributed by atoms with Crippen LogP contribution in [0.5, 0.6) is 0 Å². The maximum absolute atomic E-state index is 12.3. The molecule has 4 nitrogen and oxygen atoms in total. The third kappa shape index (κ3) is 4.06. The lowest BCUT2D eigenvalue weighted by molar-refractivity contribution is 0.140. The van der Waals surface area contributed by atoms with E-state index in [-0.39, 0.29) is 6.04 Å². The molecule has 0 saturated carbocycles. The summed E-state index contributed by atoms with van der Waals surface area (Å²) >= 11 is 0. The van der Waals surface area contributed by atoms with Crippen LogP contribution in [0.25, 0.3) is 0 Å². The van der Waals surface area contributed by atoms with E-state index in [9.17, 15) is 13.0 Å². The fourth-order valence-electron chi connectivity index (χ4n) is 1.09. The lowest BCUT2D eigenvalue weighted by Gasteiger charge is -2.21. The second-order valence-corrected chi connectivity index (χ2v) is 6.89. The molecule has 0 saturated heterocycles. The molecule has 1 N–H and O–H groups in total. The number of alkyl halides is 2. The zero-order chi connectivity index (χ0) is 13.9. The van der Waals surface area contributed by atoms with Crippen molar-refractivity contribution < 1.29 is 13.0 Å². The van der Waals surface area contributed by atoms with Crippen LogP contribution in [0.3, 0.4) is 0 Å². The Hall–Kier alpha value is -0.950. The Labute approximate surface area is 108 Å². The second-order valence-electron chi connectivity index (χ2n) is 4.90. The lowest BCUT2D eigenvalue weighted by atomic mass is 10.2. The maximum Gasteiger partial charge on any atom is 0.297 e. The van der Waals surface area contributed by atoms with E-state index in [4.69, 9.17) is 0 Å². The van der Waals surface area contributed by atoms with Gasteiger partial charge in [0, 0.05) is 24.0 Å². The van der Waals surface area contributed by atoms with Gasteiger partial charge in [0.25, 0.3) is 6.43 Å². The highest BCUT2D eigenvalue weighted by Crippen LogP contribution is 2.18. The van der Waals surface area contributed by atoms with Gasteiger partial charge in [-0.25, -0.2) is 27.7 Å². The molecule has 0 spiro atoms. The molecule has 0 aromatic carbocycles. The molecule has 0 radical (unpaired) electrons. The first-order valence-electron chi connectivity index (χ1n) is 5.50. The molecular formula is C11H17F2N3OS. The van der Waals surface area contributed by atoms with Gasteiger partial charge in [-0.3, -0.25) is 0 Å². The van der Waals surface area contributed by atoms with E-state index in [0.29, 0.717) is 5.56 Å². The maximum atomic E-state index is 12.3. The van der Waals surface area contributed by atoms with E-state index < -0.39 is 28.0 Å². The van der Waals surface area contributed by atoms with Crippen LogP contribution in [0.4, 0.5) is 8.78 Å². The molecule has 0 fully saturated rings. The zero-order valence-electron chi connectivity index (χ0n) is 10.8. The first-order chi connectivity index (χ1) is 8.21. The number of nitrogens with one attached hydrogen (secondary N) is 1. The first-order valence-corrected chi connectivity index (χ1v) is 6.65. The summed E-state index contributed by atoms with van der Waals surface area (Å²) in [5.74, 6) is -0.497. The Balaban J connectivity index is 2.73. The molecule has 0 bridgehead atoms. The third-order valence-corrected chi connectivity index (χ3v) is 3.91. The molecule has 102 valence electrons. The predicted octanol–water partition coefficient (Wildman–Crippen LogP) is 2.53. The van der Waals surface area contributed by atoms with Crippen molar-refractivity contribution in [2.75, 3.05) is 0 Å². The van der Waals surface area contributed by atoms with Crippen molar-refractivity contribution in [3.05, 3.63) is 23.8 Å². The quantitative estimate of drug-likeness (QED) is 0.920. The number of rotatable bonds is 4. The highest BCUT2D eigenvalue weighted by atomic mass is 32.2. The van der Waals surface area contributed by atoms with E-state index in [1.807, 2.05) is 20.8 Å². The minimum absolute atomic E-state index is 0.267. The van der Waals surface area contributed by atoms with Crippen LogP contribution in [0, 0.1) is 0 Å². The molecule has 18 heavy (non-hydrogen) atoms. The Morgan fingerprint density at radius 1 is 1.28 bits per heavy atom. The van der Waals surface area contributed by atoms with Gasteiger partial charge in [0.1, 0.15) is 0 Å². The molecule has 0 aliphatic rings. The Morgan fingerprint density at radius 3 is 2.17 bits per heavy atom. The molecule has 1 rings (SSSR count). The Morgan fingerprint density at radius 2 is 1.78 bits per heavy atom. The van der Waals surface area contributed by atoms with E-state index >= 15 is 0 Å². The van der Waals surface area contributed by atoms with Crippen LogP contribution < -0.4 is 4.72 Å². The highest BCUT2D eigenvalue weighted by Gasteiger charge is 2.22. The predicted molar refractivity (Wildman–Crippen MR) is 66.4 cm³/mol. The molecule has 0 aliphatic carbocycles. The normalized spacial score (nSPS) is 15.7. The molecular weight excluding hydrogens is 260 g/mol. The summed E-state index contributed by atoms with van der Waals surface area (Å²) < 4.78 is 38.9. The molecule has 1 unspecified atom stereocenters. The second kappa shape index (κ2) is 5.79. The summed E-state index contributed by atoms with van der Waals surface area (Å²) in [7, 11) is -1.24. The van der Waals surface area contributed by atoms with Gasteiger partial charge in [0.15, 0.2) is 5.82 Å². The van der Waals surface area contributed by atoms with Gasteiger partial charge in [0.2, 0.25) is 0 Å². The minimum atomic E-state index is -2.67. The fraction of sp³-hybridized carbons (Fsp3) is 0.636. The van der Waals surface area contributed by atoms with Crippen molar-refractivity contribution in [1.82, 2.24) is 14.7 Å². The zero-order valence-corrected chi connectivity index (χ0v) is 11.6. The Kier molecular flexibility index (Phi) is 4.86. The number of hydrogen-bond donors (Lipinski definition) is 1. The topological polar surface area (TPSA) is 54.9 Å². The summed E-state index contributed by atoms with van der Waals surface area (Å²) in [6.45, 7) is 7.32. The molecule has 0 amide bonds. The van der Waals surface area contributed by atoms with Crippen LogP contribution in [0.2, 0.25) is 0 Å². The summed E-state index contributed by atoms with van der Waals surface area (Å²) in [5, 5.41) is 0. The summed E-state index contributed by atoms with van der Waals surface area (Å²) in [4.78, 5) is 7.14. The highest BCUT2D eigenvalue weighted by molar-refractivity contribution is 7.84. The smallest absolute Gasteiger partial charge is 0.242 e. The van der Waals surface area contributed by atoms with Crippen LogP contribution in [0.1, 0.15) is 51.6 Å². The number of aromatic nitrogens is 2. The molecule has 1 aromatic heterocycles. The van der Waals surface area contributed by atoms with Gasteiger partial charge in [-0.1, -0.05) is 0 Å². The van der Waals surface area contributed by atoms with Crippen molar-refractivity contribution in [3.63, 3.8) is 0 Å². The summed E-state index contributed by atoms with van der Waals surface area (Å²) in [5.41, 5.74) is 0.622. The average molecular weight is 277 g/mol. The Bertz CT molecular complexity index is 417. The number of hydrogen-bond acceptors (Lipinski definition) is 3. The standard InChI is InChI=1S/C11H17F2N3OS/c1-7(16-18(17)11(2,3)4)8-5-14-10(9(12)13)15-6-8/h5-7,9,16H,1-4H3/t7-,18?/m1/s1. The minimum Gasteiger partial charge on any atom is -0.242 e. The fourth-order valence-corrected chi connectivity index (χ4v) is 1.90. The van der Waals surface area contributed by atoms with Crippen LogP contribution in [-0.2, 0) is 11.0 Å². The van der Waals surface area contributed by atoms with Gasteiger partial charge < -0.3 is 0 Å². The molecule has 7 heteroatoms. The van der Waals surface area contributed by atoms with Crippen molar-refractivity contribution in [3.8, 4) is 0 Å². The number of nitrogens with zero attached hydrogens (tertiary/aromatic N) is 2. The van der Waals surface area contributed by atoms with Crippen LogP contribution in [0.15, 0.2) is 12.4 Å². The molecule has 0 aliphatic heterocycles. The van der Waals surface area contributed by atoms with Gasteiger partial charge in [-0.2, -0.15) is 0 Å². The van der Waals surface area contributed by atoms with Crippen LogP contribution in [-0.4, -0.2) is 18.9 Å². The van der Waals surface area contributed by atoms with E-state index in [0.717, 1.165) is 0 Å². The molecule has 1 aromatic rings. The SMILES string of the molecule is C[C@@H](NS(=O)C(C)(C)C)c1cnc(C(F)F)nc1. The van der Waals surface area contributed by atoms with Gasteiger partial charge in [-0.05, 0) is 27.7 Å². The van der Waals surface area contributed by atoms with Gasteiger partial charge >= 0.3 is 0 Å². The van der Waals surface area contributed by atoms with Crippen molar-refractivity contribution in [2.24, 2.45) is 0 Å². The first kappa shape index (κ1) is 15.1. The van der Waals surface area contributed by atoms with Gasteiger partial charge in [0.05, 0.1) is 15.7 Å². The molecule has 2 atom stereocenters. The summed E-state index contributed by atoms with van der Waals surface area (Å²) in [6.07, 6.45) is -0.0241. The van der Waals surface area contributed by atoms with Crippen molar-refractivity contribution in [1.29, 1.82) is 0 Å². The number of halogens is 2. The molecule has 1 heterocycles. The van der Waals surface area contributed by atoms with Crippen LogP contribution >= 0.6 is 0 Å².